The summed E-state index contributed by atoms with van der Waals surface area (Å²) < 4.78 is 64.3. The highest BCUT2D eigenvalue weighted by Gasteiger charge is 2.70. The highest BCUT2D eigenvalue weighted by Crippen LogP contribution is 2.65. The molecule has 1 aliphatic heterocycles. The molecule has 1 saturated heterocycles. The number of nitrogens with zero attached hydrogens (tertiary/aromatic N) is 3. The van der Waals surface area contributed by atoms with Gasteiger partial charge < -0.3 is 25.8 Å². The molecule has 2 bridgehead atoms. The van der Waals surface area contributed by atoms with Crippen molar-refractivity contribution >= 4 is 23.3 Å². The van der Waals surface area contributed by atoms with Crippen LogP contribution in [0.3, 0.4) is 0 Å². The SMILES string of the molecule is COc1nc(-c2ccccc2C(=O)Nc2ccc(F)c(C(F)(F)F)c2)nc(NC23CC(N4CCOCC4)(C2)C3)c1C(N)=O. The standard InChI is InChI=1S/C29H28F4N6O4/c1-42-26-21(22(34)40)24(38-27-13-28(14-27,15-27)39-8-10-43-11-9-39)36-23(37-26)17-4-2-3-5-18(17)25(41)35-16-6-7-20(30)19(12-16)29(31,32)33/h2-7,12H,8-11,13-15H2,1H3,(H2,34,40)(H,35,41)(H,36,37,38). The van der Waals surface area contributed by atoms with Gasteiger partial charge in [0.05, 0.1) is 31.5 Å². The summed E-state index contributed by atoms with van der Waals surface area (Å²) in [6.45, 7) is 3.11. The number of carbonyl (C=O) groups excluding carboxylic acids is 2. The largest absolute Gasteiger partial charge is 0.480 e. The van der Waals surface area contributed by atoms with E-state index in [0.717, 1.165) is 38.4 Å². The molecule has 14 heteroatoms. The Hall–Kier alpha value is -4.30. The first-order chi connectivity index (χ1) is 20.4. The van der Waals surface area contributed by atoms with Crippen molar-refractivity contribution < 1.29 is 36.6 Å². The number of amides is 2. The van der Waals surface area contributed by atoms with Crippen molar-refractivity contribution in [1.29, 1.82) is 0 Å². The number of rotatable bonds is 8. The van der Waals surface area contributed by atoms with Crippen LogP contribution in [0, 0.1) is 5.82 Å². The second kappa shape index (κ2) is 10.5. The van der Waals surface area contributed by atoms with Crippen LogP contribution in [-0.4, -0.2) is 71.2 Å². The zero-order valence-corrected chi connectivity index (χ0v) is 23.1. The quantitative estimate of drug-likeness (QED) is 0.330. The maximum atomic E-state index is 13.8. The average Bonchev–Trinajstić information content (AvgIpc) is 2.94. The highest BCUT2D eigenvalue weighted by atomic mass is 19.4. The molecule has 3 aromatic rings. The number of aromatic nitrogens is 2. The van der Waals surface area contributed by atoms with Gasteiger partial charge in [-0.25, -0.2) is 9.37 Å². The smallest absolute Gasteiger partial charge is 0.419 e. The van der Waals surface area contributed by atoms with E-state index >= 15 is 0 Å². The number of halogens is 4. The molecule has 4 fully saturated rings. The Labute approximate surface area is 243 Å². The van der Waals surface area contributed by atoms with E-state index in [1.54, 1.807) is 18.2 Å². The van der Waals surface area contributed by atoms with Crippen molar-refractivity contribution in [3.05, 3.63) is 65.0 Å². The third-order valence-corrected chi connectivity index (χ3v) is 8.33. The lowest BCUT2D eigenvalue weighted by Crippen LogP contribution is -2.82. The van der Waals surface area contributed by atoms with E-state index in [9.17, 15) is 27.2 Å². The Morgan fingerprint density at radius 3 is 2.42 bits per heavy atom. The fourth-order valence-corrected chi connectivity index (χ4v) is 6.41. The van der Waals surface area contributed by atoms with Crippen LogP contribution >= 0.6 is 0 Å². The molecule has 2 heterocycles. The molecule has 10 nitrogen and oxygen atoms in total. The monoisotopic (exact) mass is 600 g/mol. The maximum absolute atomic E-state index is 13.8. The molecule has 43 heavy (non-hydrogen) atoms. The molecule has 3 aliphatic carbocycles. The number of nitrogens with one attached hydrogen (secondary N) is 2. The molecular formula is C29H28F4N6O4. The van der Waals surface area contributed by atoms with Crippen LogP contribution in [0.2, 0.25) is 0 Å². The summed E-state index contributed by atoms with van der Waals surface area (Å²) in [6, 6.07) is 8.37. The van der Waals surface area contributed by atoms with Crippen molar-refractivity contribution in [1.82, 2.24) is 14.9 Å². The Morgan fingerprint density at radius 1 is 1.07 bits per heavy atom. The molecule has 0 radical (unpaired) electrons. The summed E-state index contributed by atoms with van der Waals surface area (Å²) in [4.78, 5) is 37.1. The van der Waals surface area contributed by atoms with E-state index in [4.69, 9.17) is 15.2 Å². The van der Waals surface area contributed by atoms with Crippen LogP contribution in [-0.2, 0) is 10.9 Å². The number of methoxy groups -OCH3 is 1. The molecule has 226 valence electrons. The number of nitrogens with two attached hydrogens (primary N) is 1. The molecular weight excluding hydrogens is 572 g/mol. The first-order valence-corrected chi connectivity index (χ1v) is 13.6. The summed E-state index contributed by atoms with van der Waals surface area (Å²) >= 11 is 0. The van der Waals surface area contributed by atoms with Crippen molar-refractivity contribution in [2.24, 2.45) is 5.73 Å². The van der Waals surface area contributed by atoms with Crippen LogP contribution < -0.4 is 21.1 Å². The number of benzene rings is 2. The number of anilines is 2. The molecule has 0 unspecified atom stereocenters. The van der Waals surface area contributed by atoms with Gasteiger partial charge in [-0.05, 0) is 43.5 Å². The molecule has 1 aromatic heterocycles. The van der Waals surface area contributed by atoms with E-state index in [2.05, 4.69) is 25.5 Å². The van der Waals surface area contributed by atoms with Gasteiger partial charge >= 0.3 is 6.18 Å². The van der Waals surface area contributed by atoms with Gasteiger partial charge in [-0.1, -0.05) is 18.2 Å². The summed E-state index contributed by atoms with van der Waals surface area (Å²) in [5, 5.41) is 5.78. The average molecular weight is 601 g/mol. The fourth-order valence-electron chi connectivity index (χ4n) is 6.41. The van der Waals surface area contributed by atoms with Gasteiger partial charge in [0.15, 0.2) is 5.82 Å². The van der Waals surface area contributed by atoms with E-state index in [0.29, 0.717) is 25.3 Å². The highest BCUT2D eigenvalue weighted by molar-refractivity contribution is 6.08. The minimum Gasteiger partial charge on any atom is -0.480 e. The van der Waals surface area contributed by atoms with Gasteiger partial charge in [-0.3, -0.25) is 14.5 Å². The summed E-state index contributed by atoms with van der Waals surface area (Å²) in [6.07, 6.45) is -2.41. The Morgan fingerprint density at radius 2 is 1.77 bits per heavy atom. The molecule has 0 atom stereocenters. The van der Waals surface area contributed by atoms with Crippen LogP contribution in [0.4, 0.5) is 29.1 Å². The lowest BCUT2D eigenvalue weighted by Gasteiger charge is -2.74. The first-order valence-electron chi connectivity index (χ1n) is 13.6. The lowest BCUT2D eigenvalue weighted by atomic mass is 9.43. The van der Waals surface area contributed by atoms with E-state index < -0.39 is 29.4 Å². The second-order valence-corrected chi connectivity index (χ2v) is 11.1. The molecule has 7 rings (SSSR count). The van der Waals surface area contributed by atoms with Crippen molar-refractivity contribution in [3.8, 4) is 17.3 Å². The number of alkyl halides is 3. The summed E-state index contributed by atoms with van der Waals surface area (Å²) in [7, 11) is 1.32. The topological polar surface area (TPSA) is 132 Å². The zero-order chi connectivity index (χ0) is 30.6. The predicted molar refractivity (Wildman–Crippen MR) is 147 cm³/mol. The van der Waals surface area contributed by atoms with Crippen LogP contribution in [0.15, 0.2) is 42.5 Å². The van der Waals surface area contributed by atoms with Gasteiger partial charge in [-0.2, -0.15) is 18.2 Å². The van der Waals surface area contributed by atoms with Crippen molar-refractivity contribution in [2.75, 3.05) is 44.0 Å². The predicted octanol–water partition coefficient (Wildman–Crippen LogP) is 4.08. The number of primary amides is 1. The lowest BCUT2D eigenvalue weighted by molar-refractivity contribution is -0.172. The van der Waals surface area contributed by atoms with Gasteiger partial charge in [0.2, 0.25) is 5.88 Å². The van der Waals surface area contributed by atoms with E-state index in [-0.39, 0.29) is 51.0 Å². The second-order valence-electron chi connectivity index (χ2n) is 11.1. The molecule has 2 aromatic carbocycles. The fraction of sp³-hybridized carbons (Fsp3) is 0.379. The van der Waals surface area contributed by atoms with Gasteiger partial charge in [-0.15, -0.1) is 0 Å². The van der Waals surface area contributed by atoms with Crippen LogP contribution in [0.1, 0.15) is 45.5 Å². The third-order valence-electron chi connectivity index (χ3n) is 8.33. The van der Waals surface area contributed by atoms with E-state index in [1.807, 2.05) is 0 Å². The molecule has 0 spiro atoms. The number of ether oxygens (including phenoxy) is 2. The minimum atomic E-state index is -4.94. The van der Waals surface area contributed by atoms with Gasteiger partial charge in [0.25, 0.3) is 11.8 Å². The minimum absolute atomic E-state index is 0.0250. The summed E-state index contributed by atoms with van der Waals surface area (Å²) in [5.41, 5.74) is 3.93. The first kappa shape index (κ1) is 28.8. The molecule has 3 saturated carbocycles. The molecule has 2 amide bonds. The summed E-state index contributed by atoms with van der Waals surface area (Å²) in [5.74, 6) is -2.95. The number of carbonyl (C=O) groups is 2. The molecule has 4 aliphatic rings. The van der Waals surface area contributed by atoms with Crippen LogP contribution in [0.5, 0.6) is 5.88 Å². The molecule has 4 N–H and O–H groups in total. The Bertz CT molecular complexity index is 1590. The number of morpholine rings is 1. The Balaban J connectivity index is 1.30. The normalized spacial score (nSPS) is 23.1. The Kier molecular flexibility index (Phi) is 7.00. The van der Waals surface area contributed by atoms with E-state index in [1.165, 1.54) is 13.2 Å². The van der Waals surface area contributed by atoms with Gasteiger partial charge in [0, 0.05) is 35.4 Å². The van der Waals surface area contributed by atoms with Gasteiger partial charge in [0.1, 0.15) is 17.2 Å². The van der Waals surface area contributed by atoms with Crippen molar-refractivity contribution in [3.63, 3.8) is 0 Å². The number of hydrogen-bond acceptors (Lipinski definition) is 8. The third kappa shape index (κ3) is 5.14. The maximum Gasteiger partial charge on any atom is 0.419 e. The van der Waals surface area contributed by atoms with Crippen molar-refractivity contribution in [2.45, 2.75) is 36.5 Å². The van der Waals surface area contributed by atoms with Crippen LogP contribution in [0.25, 0.3) is 11.4 Å². The zero-order valence-electron chi connectivity index (χ0n) is 23.1. The number of hydrogen-bond donors (Lipinski definition) is 3.